The number of methoxy groups -OCH3 is 1. The van der Waals surface area contributed by atoms with E-state index in [4.69, 9.17) is 4.74 Å². The van der Waals surface area contributed by atoms with Crippen molar-refractivity contribution >= 4 is 21.9 Å². The second-order valence-electron chi connectivity index (χ2n) is 3.72. The standard InChI is InChI=1S/C13H17BrO3/c1-3-4-7-17-12-6-5-10(8-11(12)14)9-13(15)16-2/h5-6,8H,3-4,7,9H2,1-2H3. The minimum Gasteiger partial charge on any atom is -0.492 e. The van der Waals surface area contributed by atoms with Gasteiger partial charge in [0.05, 0.1) is 24.6 Å². The van der Waals surface area contributed by atoms with Gasteiger partial charge >= 0.3 is 5.97 Å². The number of benzene rings is 1. The van der Waals surface area contributed by atoms with E-state index in [-0.39, 0.29) is 12.4 Å². The summed E-state index contributed by atoms with van der Waals surface area (Å²) in [6.07, 6.45) is 2.43. The normalized spacial score (nSPS) is 10.1. The fraction of sp³-hybridized carbons (Fsp3) is 0.462. The SMILES string of the molecule is CCCCOc1ccc(CC(=O)OC)cc1Br. The van der Waals surface area contributed by atoms with E-state index < -0.39 is 0 Å². The van der Waals surface area contributed by atoms with Gasteiger partial charge in [0.2, 0.25) is 0 Å². The van der Waals surface area contributed by atoms with Gasteiger partial charge in [0.25, 0.3) is 0 Å². The smallest absolute Gasteiger partial charge is 0.309 e. The second kappa shape index (κ2) is 7.33. The van der Waals surface area contributed by atoms with E-state index in [1.807, 2.05) is 18.2 Å². The molecule has 0 saturated carbocycles. The molecule has 0 heterocycles. The predicted octanol–water partition coefficient (Wildman–Crippen LogP) is 3.34. The highest BCUT2D eigenvalue weighted by atomic mass is 79.9. The first-order valence-electron chi connectivity index (χ1n) is 5.65. The number of hydrogen-bond acceptors (Lipinski definition) is 3. The number of ether oxygens (including phenoxy) is 2. The van der Waals surface area contributed by atoms with Crippen LogP contribution in [-0.2, 0) is 16.0 Å². The molecule has 0 aliphatic rings. The molecule has 0 aliphatic heterocycles. The highest BCUT2D eigenvalue weighted by molar-refractivity contribution is 9.10. The predicted molar refractivity (Wildman–Crippen MR) is 70.3 cm³/mol. The average molecular weight is 301 g/mol. The molecule has 0 fully saturated rings. The zero-order valence-corrected chi connectivity index (χ0v) is 11.7. The first-order chi connectivity index (χ1) is 8.17. The van der Waals surface area contributed by atoms with Crippen molar-refractivity contribution in [3.8, 4) is 5.75 Å². The summed E-state index contributed by atoms with van der Waals surface area (Å²) in [7, 11) is 1.39. The lowest BCUT2D eigenvalue weighted by Gasteiger charge is -2.09. The van der Waals surface area contributed by atoms with E-state index in [1.165, 1.54) is 7.11 Å². The number of carbonyl (C=O) groups excluding carboxylic acids is 1. The molecule has 0 saturated heterocycles. The highest BCUT2D eigenvalue weighted by Crippen LogP contribution is 2.26. The molecular weight excluding hydrogens is 284 g/mol. The lowest BCUT2D eigenvalue weighted by molar-refractivity contribution is -0.139. The van der Waals surface area contributed by atoms with E-state index in [0.717, 1.165) is 28.6 Å². The second-order valence-corrected chi connectivity index (χ2v) is 4.57. The van der Waals surface area contributed by atoms with Crippen LogP contribution in [-0.4, -0.2) is 19.7 Å². The van der Waals surface area contributed by atoms with Gasteiger partial charge in [-0.15, -0.1) is 0 Å². The van der Waals surface area contributed by atoms with Crippen molar-refractivity contribution in [1.29, 1.82) is 0 Å². The summed E-state index contributed by atoms with van der Waals surface area (Å²) in [5.41, 5.74) is 0.909. The van der Waals surface area contributed by atoms with Crippen LogP contribution in [0.4, 0.5) is 0 Å². The molecule has 94 valence electrons. The van der Waals surface area contributed by atoms with Crippen LogP contribution in [0.3, 0.4) is 0 Å². The van der Waals surface area contributed by atoms with Gasteiger partial charge in [0.1, 0.15) is 5.75 Å². The van der Waals surface area contributed by atoms with Crippen molar-refractivity contribution in [2.24, 2.45) is 0 Å². The lowest BCUT2D eigenvalue weighted by atomic mass is 10.1. The third kappa shape index (κ3) is 4.77. The highest BCUT2D eigenvalue weighted by Gasteiger charge is 2.06. The molecule has 0 atom stereocenters. The van der Waals surface area contributed by atoms with E-state index in [9.17, 15) is 4.79 Å². The minimum absolute atomic E-state index is 0.239. The number of carbonyl (C=O) groups is 1. The van der Waals surface area contributed by atoms with Crippen molar-refractivity contribution in [3.63, 3.8) is 0 Å². The summed E-state index contributed by atoms with van der Waals surface area (Å²) >= 11 is 3.43. The van der Waals surface area contributed by atoms with Crippen LogP contribution in [0.15, 0.2) is 22.7 Å². The molecule has 1 aromatic rings. The number of esters is 1. The monoisotopic (exact) mass is 300 g/mol. The molecule has 0 aromatic heterocycles. The Labute approximate surface area is 110 Å². The Balaban J connectivity index is 2.62. The third-order valence-corrected chi connectivity index (χ3v) is 2.95. The molecule has 0 amide bonds. The molecule has 1 aromatic carbocycles. The van der Waals surface area contributed by atoms with Crippen LogP contribution in [0.5, 0.6) is 5.75 Å². The molecule has 1 rings (SSSR count). The summed E-state index contributed by atoms with van der Waals surface area (Å²) in [5.74, 6) is 0.573. The van der Waals surface area contributed by atoms with E-state index in [0.29, 0.717) is 6.61 Å². The Morgan fingerprint density at radius 3 is 2.76 bits per heavy atom. The van der Waals surface area contributed by atoms with Gasteiger partial charge in [-0.05, 0) is 40.0 Å². The molecule has 0 spiro atoms. The summed E-state index contributed by atoms with van der Waals surface area (Å²) in [5, 5.41) is 0. The molecule has 17 heavy (non-hydrogen) atoms. The molecule has 0 N–H and O–H groups in total. The topological polar surface area (TPSA) is 35.5 Å². The fourth-order valence-electron chi connectivity index (χ4n) is 1.34. The first kappa shape index (κ1) is 14.0. The largest absolute Gasteiger partial charge is 0.492 e. The molecule has 0 unspecified atom stereocenters. The van der Waals surface area contributed by atoms with E-state index in [2.05, 4.69) is 27.6 Å². The van der Waals surface area contributed by atoms with E-state index >= 15 is 0 Å². The van der Waals surface area contributed by atoms with Crippen LogP contribution in [0.25, 0.3) is 0 Å². The first-order valence-corrected chi connectivity index (χ1v) is 6.44. The zero-order chi connectivity index (χ0) is 12.7. The van der Waals surface area contributed by atoms with Gasteiger partial charge in [-0.3, -0.25) is 4.79 Å². The van der Waals surface area contributed by atoms with Gasteiger partial charge in [-0.25, -0.2) is 0 Å². The Morgan fingerprint density at radius 2 is 2.18 bits per heavy atom. The summed E-state index contributed by atoms with van der Waals surface area (Å²) in [6.45, 7) is 2.84. The molecular formula is C13H17BrO3. The van der Waals surface area contributed by atoms with Gasteiger partial charge in [-0.2, -0.15) is 0 Å². The quantitative estimate of drug-likeness (QED) is 0.597. The van der Waals surface area contributed by atoms with Crippen molar-refractivity contribution in [1.82, 2.24) is 0 Å². The van der Waals surface area contributed by atoms with Crippen LogP contribution >= 0.6 is 15.9 Å². The fourth-order valence-corrected chi connectivity index (χ4v) is 1.88. The van der Waals surface area contributed by atoms with Crippen LogP contribution in [0.2, 0.25) is 0 Å². The maximum absolute atomic E-state index is 11.1. The van der Waals surface area contributed by atoms with Crippen LogP contribution in [0.1, 0.15) is 25.3 Å². The third-order valence-electron chi connectivity index (χ3n) is 2.33. The molecule has 3 nitrogen and oxygen atoms in total. The van der Waals surface area contributed by atoms with Gasteiger partial charge in [-0.1, -0.05) is 19.4 Å². The van der Waals surface area contributed by atoms with Gasteiger partial charge < -0.3 is 9.47 Å². The maximum Gasteiger partial charge on any atom is 0.309 e. The summed E-state index contributed by atoms with van der Waals surface area (Å²) in [6, 6.07) is 5.64. The minimum atomic E-state index is -0.239. The van der Waals surface area contributed by atoms with Gasteiger partial charge in [0.15, 0.2) is 0 Å². The van der Waals surface area contributed by atoms with Crippen molar-refractivity contribution in [2.45, 2.75) is 26.2 Å². The van der Waals surface area contributed by atoms with Crippen molar-refractivity contribution in [2.75, 3.05) is 13.7 Å². The Kier molecular flexibility index (Phi) is 6.05. The van der Waals surface area contributed by atoms with Gasteiger partial charge in [0, 0.05) is 0 Å². The Hall–Kier alpha value is -1.03. The van der Waals surface area contributed by atoms with Crippen LogP contribution < -0.4 is 4.74 Å². The zero-order valence-electron chi connectivity index (χ0n) is 10.2. The molecule has 0 bridgehead atoms. The number of rotatable bonds is 6. The number of hydrogen-bond donors (Lipinski definition) is 0. The lowest BCUT2D eigenvalue weighted by Crippen LogP contribution is -2.04. The summed E-state index contributed by atoms with van der Waals surface area (Å²) in [4.78, 5) is 11.1. The average Bonchev–Trinajstić information content (AvgIpc) is 2.32. The van der Waals surface area contributed by atoms with Crippen molar-refractivity contribution in [3.05, 3.63) is 28.2 Å². The maximum atomic E-state index is 11.1. The Bertz CT molecular complexity index is 377. The number of halogens is 1. The number of unbranched alkanes of at least 4 members (excludes halogenated alkanes) is 1. The Morgan fingerprint density at radius 1 is 1.41 bits per heavy atom. The molecule has 4 heteroatoms. The van der Waals surface area contributed by atoms with Crippen LogP contribution in [0, 0.1) is 0 Å². The van der Waals surface area contributed by atoms with E-state index in [1.54, 1.807) is 0 Å². The molecule has 0 aliphatic carbocycles. The molecule has 0 radical (unpaired) electrons. The van der Waals surface area contributed by atoms with Crippen molar-refractivity contribution < 1.29 is 14.3 Å². The summed E-state index contributed by atoms with van der Waals surface area (Å²) < 4.78 is 11.1.